The lowest BCUT2D eigenvalue weighted by atomic mass is 10.2. The number of hydrogen-bond donors (Lipinski definition) is 0. The molecule has 0 aliphatic carbocycles. The van der Waals surface area contributed by atoms with Crippen LogP contribution in [-0.2, 0) is 12.8 Å². The van der Waals surface area contributed by atoms with Gasteiger partial charge in [-0.3, -0.25) is 4.90 Å². The fourth-order valence-electron chi connectivity index (χ4n) is 4.02. The molecular formula is C21H29N5O. The average molecular weight is 367 g/mol. The number of aromatic nitrogens is 2. The second-order valence-electron chi connectivity index (χ2n) is 8.11. The van der Waals surface area contributed by atoms with Crippen molar-refractivity contribution in [3.63, 3.8) is 0 Å². The summed E-state index contributed by atoms with van der Waals surface area (Å²) in [5.74, 6) is 0.705. The summed E-state index contributed by atoms with van der Waals surface area (Å²) in [7, 11) is 1.84. The van der Waals surface area contributed by atoms with Gasteiger partial charge in [-0.2, -0.15) is 5.10 Å². The number of carbonyl (C=O) groups is 1. The zero-order valence-corrected chi connectivity index (χ0v) is 16.6. The van der Waals surface area contributed by atoms with Crippen molar-refractivity contribution in [3.05, 3.63) is 41.7 Å². The molecule has 2 aliphatic rings. The molecule has 0 spiro atoms. The molecule has 2 aromatic rings. The van der Waals surface area contributed by atoms with Gasteiger partial charge in [0.1, 0.15) is 0 Å². The highest BCUT2D eigenvalue weighted by molar-refractivity contribution is 5.93. The predicted octanol–water partition coefficient (Wildman–Crippen LogP) is 2.80. The van der Waals surface area contributed by atoms with Crippen molar-refractivity contribution >= 4 is 11.7 Å². The highest BCUT2D eigenvalue weighted by Crippen LogP contribution is 2.23. The Labute approximate surface area is 161 Å². The Balaban J connectivity index is 1.47. The summed E-state index contributed by atoms with van der Waals surface area (Å²) < 4.78 is 1.99. The Morgan fingerprint density at radius 3 is 2.37 bits per heavy atom. The first kappa shape index (κ1) is 18.0. The van der Waals surface area contributed by atoms with Crippen molar-refractivity contribution in [3.8, 4) is 5.69 Å². The number of urea groups is 1. The molecule has 0 N–H and O–H groups in total. The second kappa shape index (κ2) is 7.35. The van der Waals surface area contributed by atoms with Crippen LogP contribution in [0.4, 0.5) is 10.5 Å². The molecule has 0 atom stereocenters. The standard InChI is InChI=1S/C21H29N5O/c1-16(2)14-24-10-8-17-15-26(22-20(17)9-11-24)19-6-4-18(5-7-19)25-13-12-23(3)21(25)27/h4-7,15-16H,8-14H2,1-3H3. The van der Waals surface area contributed by atoms with E-state index in [1.54, 1.807) is 4.90 Å². The summed E-state index contributed by atoms with van der Waals surface area (Å²) in [6.07, 6.45) is 4.26. The van der Waals surface area contributed by atoms with Gasteiger partial charge in [0, 0.05) is 58.1 Å². The molecule has 0 bridgehead atoms. The van der Waals surface area contributed by atoms with Crippen LogP contribution < -0.4 is 4.90 Å². The minimum absolute atomic E-state index is 0.0690. The van der Waals surface area contributed by atoms with Crippen molar-refractivity contribution in [2.45, 2.75) is 26.7 Å². The number of anilines is 1. The first-order valence-corrected chi connectivity index (χ1v) is 9.94. The van der Waals surface area contributed by atoms with Crippen molar-refractivity contribution in [2.24, 2.45) is 5.92 Å². The molecule has 27 heavy (non-hydrogen) atoms. The maximum absolute atomic E-state index is 12.1. The smallest absolute Gasteiger partial charge is 0.324 e. The Morgan fingerprint density at radius 2 is 1.70 bits per heavy atom. The molecule has 144 valence electrons. The maximum Gasteiger partial charge on any atom is 0.324 e. The fraction of sp³-hybridized carbons (Fsp3) is 0.524. The van der Waals surface area contributed by atoms with Crippen molar-refractivity contribution in [1.29, 1.82) is 0 Å². The molecule has 1 aromatic carbocycles. The Bertz CT molecular complexity index is 785. The first-order valence-electron chi connectivity index (χ1n) is 9.94. The van der Waals surface area contributed by atoms with Crippen molar-refractivity contribution in [2.75, 3.05) is 44.7 Å². The number of rotatable bonds is 4. The lowest BCUT2D eigenvalue weighted by molar-refractivity contribution is 0.229. The molecule has 4 rings (SSSR count). The van der Waals surface area contributed by atoms with Gasteiger partial charge >= 0.3 is 6.03 Å². The van der Waals surface area contributed by atoms with E-state index in [0.29, 0.717) is 5.92 Å². The summed E-state index contributed by atoms with van der Waals surface area (Å²) in [4.78, 5) is 18.3. The third-order valence-corrected chi connectivity index (χ3v) is 5.51. The molecule has 3 heterocycles. The van der Waals surface area contributed by atoms with E-state index < -0.39 is 0 Å². The van der Waals surface area contributed by atoms with Crippen LogP contribution in [0.3, 0.4) is 0 Å². The minimum Gasteiger partial charge on any atom is -0.326 e. The quantitative estimate of drug-likeness (QED) is 0.835. The lowest BCUT2D eigenvalue weighted by Crippen LogP contribution is -2.30. The number of carbonyl (C=O) groups excluding carboxylic acids is 1. The normalized spacial score (nSPS) is 18.3. The molecule has 6 nitrogen and oxygen atoms in total. The van der Waals surface area contributed by atoms with Crippen LogP contribution in [0.1, 0.15) is 25.1 Å². The second-order valence-corrected chi connectivity index (χ2v) is 8.11. The van der Waals surface area contributed by atoms with Crippen LogP contribution in [-0.4, -0.2) is 65.4 Å². The Morgan fingerprint density at radius 1 is 1.00 bits per heavy atom. The number of likely N-dealkylation sites (N-methyl/N-ethyl adjacent to an activating group) is 1. The van der Waals surface area contributed by atoms with Crippen LogP contribution in [0.5, 0.6) is 0 Å². The fourth-order valence-corrected chi connectivity index (χ4v) is 4.02. The number of fused-ring (bicyclic) bond motifs is 1. The summed E-state index contributed by atoms with van der Waals surface area (Å²) in [6.45, 7) is 9.45. The molecule has 2 aliphatic heterocycles. The summed E-state index contributed by atoms with van der Waals surface area (Å²) >= 11 is 0. The van der Waals surface area contributed by atoms with Gasteiger partial charge in [-0.1, -0.05) is 13.8 Å². The first-order chi connectivity index (χ1) is 13.0. The molecule has 2 amide bonds. The van der Waals surface area contributed by atoms with Gasteiger partial charge in [0.15, 0.2) is 0 Å². The summed E-state index contributed by atoms with van der Waals surface area (Å²) in [5, 5.41) is 4.85. The SMILES string of the molecule is CC(C)CN1CCc2cn(-c3ccc(N4CCN(C)C4=O)cc3)nc2CC1. The van der Waals surface area contributed by atoms with Gasteiger partial charge in [0.2, 0.25) is 0 Å². The monoisotopic (exact) mass is 367 g/mol. The lowest BCUT2D eigenvalue weighted by Gasteiger charge is -2.21. The van der Waals surface area contributed by atoms with Crippen LogP contribution in [0.15, 0.2) is 30.5 Å². The number of amides is 2. The summed E-state index contributed by atoms with van der Waals surface area (Å²) in [6, 6.07) is 8.21. The molecular weight excluding hydrogens is 338 g/mol. The van der Waals surface area contributed by atoms with Crippen LogP contribution >= 0.6 is 0 Å². The molecule has 1 aromatic heterocycles. The molecule has 0 unspecified atom stereocenters. The maximum atomic E-state index is 12.1. The molecule has 0 saturated carbocycles. The van der Waals surface area contributed by atoms with Crippen LogP contribution in [0.25, 0.3) is 5.69 Å². The van der Waals surface area contributed by atoms with E-state index in [1.807, 2.05) is 28.8 Å². The molecule has 1 fully saturated rings. The van der Waals surface area contributed by atoms with Gasteiger partial charge in [-0.15, -0.1) is 0 Å². The van der Waals surface area contributed by atoms with E-state index >= 15 is 0 Å². The van der Waals surface area contributed by atoms with Crippen molar-refractivity contribution < 1.29 is 4.79 Å². The van der Waals surface area contributed by atoms with Gasteiger partial charge in [-0.05, 0) is 42.2 Å². The van der Waals surface area contributed by atoms with Crippen LogP contribution in [0.2, 0.25) is 0 Å². The highest BCUT2D eigenvalue weighted by Gasteiger charge is 2.26. The van der Waals surface area contributed by atoms with E-state index in [-0.39, 0.29) is 6.03 Å². The zero-order chi connectivity index (χ0) is 19.0. The van der Waals surface area contributed by atoms with Crippen molar-refractivity contribution in [1.82, 2.24) is 19.6 Å². The number of hydrogen-bond acceptors (Lipinski definition) is 3. The van der Waals surface area contributed by atoms with E-state index in [0.717, 1.165) is 56.9 Å². The van der Waals surface area contributed by atoms with E-state index in [4.69, 9.17) is 5.10 Å². The molecule has 0 radical (unpaired) electrons. The predicted molar refractivity (Wildman–Crippen MR) is 108 cm³/mol. The van der Waals surface area contributed by atoms with Gasteiger partial charge in [-0.25, -0.2) is 9.48 Å². The largest absolute Gasteiger partial charge is 0.326 e. The Kier molecular flexibility index (Phi) is 4.91. The van der Waals surface area contributed by atoms with Crippen LogP contribution in [0, 0.1) is 5.92 Å². The third-order valence-electron chi connectivity index (χ3n) is 5.51. The van der Waals surface area contributed by atoms with Gasteiger partial charge in [0.25, 0.3) is 0 Å². The van der Waals surface area contributed by atoms with E-state index in [2.05, 4.69) is 37.1 Å². The zero-order valence-electron chi connectivity index (χ0n) is 16.6. The number of benzene rings is 1. The topological polar surface area (TPSA) is 44.6 Å². The van der Waals surface area contributed by atoms with E-state index in [9.17, 15) is 4.79 Å². The average Bonchev–Trinajstić information content (AvgIpc) is 3.15. The van der Waals surface area contributed by atoms with Gasteiger partial charge < -0.3 is 9.80 Å². The van der Waals surface area contributed by atoms with E-state index in [1.165, 1.54) is 11.3 Å². The Hall–Kier alpha value is -2.34. The minimum atomic E-state index is 0.0690. The molecule has 1 saturated heterocycles. The highest BCUT2D eigenvalue weighted by atomic mass is 16.2. The number of nitrogens with zero attached hydrogens (tertiary/aromatic N) is 5. The molecule has 6 heteroatoms. The van der Waals surface area contributed by atoms with Gasteiger partial charge in [0.05, 0.1) is 11.4 Å². The summed E-state index contributed by atoms with van der Waals surface area (Å²) in [5.41, 5.74) is 4.58. The third kappa shape index (κ3) is 3.72.